The van der Waals surface area contributed by atoms with Crippen molar-refractivity contribution < 1.29 is 23.8 Å². The van der Waals surface area contributed by atoms with Crippen LogP contribution in [-0.4, -0.2) is 41.9 Å². The molecule has 1 aromatic carbocycles. The first-order valence-corrected chi connectivity index (χ1v) is 9.06. The highest BCUT2D eigenvalue weighted by atomic mass is 19.1. The summed E-state index contributed by atoms with van der Waals surface area (Å²) in [5, 5.41) is 10.1. The molecule has 27 heavy (non-hydrogen) atoms. The van der Waals surface area contributed by atoms with Crippen molar-refractivity contribution in [2.45, 2.75) is 57.4 Å². The third kappa shape index (κ3) is 5.14. The smallest absolute Gasteiger partial charge is 0.410 e. The minimum Gasteiger partial charge on any atom is -0.496 e. The maximum Gasteiger partial charge on any atom is 0.410 e. The number of aliphatic hydroxyl groups is 1. The van der Waals surface area contributed by atoms with Crippen molar-refractivity contribution in [1.82, 2.24) is 4.90 Å². The number of piperidine rings is 1. The topological polar surface area (TPSA) is 59.0 Å². The Bertz CT molecular complexity index is 712. The van der Waals surface area contributed by atoms with E-state index in [2.05, 4.69) is 5.92 Å². The van der Waals surface area contributed by atoms with Crippen LogP contribution in [0.3, 0.4) is 0 Å². The zero-order valence-corrected chi connectivity index (χ0v) is 16.4. The van der Waals surface area contributed by atoms with Crippen LogP contribution in [-0.2, 0) is 10.4 Å². The Hall–Kier alpha value is -2.26. The van der Waals surface area contributed by atoms with Crippen LogP contribution in [0.25, 0.3) is 0 Å². The number of carbonyl (C=O) groups excluding carboxylic acids is 1. The molecule has 1 N–H and O–H groups in total. The molecule has 0 saturated carbocycles. The standard InChI is InChI=1S/C21H28FNO4/c1-6-7-17(24)16-9-8-15(14-18(16)26-5)21(22)10-12-23(13-11-21)19(25)27-20(2,3)4/h1,8-9,14,17,24H,7,10-13H2,2-5H3. The molecule has 0 aromatic heterocycles. The fourth-order valence-corrected chi connectivity index (χ4v) is 3.15. The second-order valence-corrected chi connectivity index (χ2v) is 7.81. The number of alkyl halides is 1. The maximum atomic E-state index is 15.5. The van der Waals surface area contributed by atoms with Crippen molar-refractivity contribution in [1.29, 1.82) is 0 Å². The molecule has 0 spiro atoms. The van der Waals surface area contributed by atoms with Crippen molar-refractivity contribution in [3.63, 3.8) is 0 Å². The summed E-state index contributed by atoms with van der Waals surface area (Å²) in [6.45, 7) is 5.95. The van der Waals surface area contributed by atoms with Crippen LogP contribution in [0, 0.1) is 12.3 Å². The summed E-state index contributed by atoms with van der Waals surface area (Å²) in [6.07, 6.45) is 4.46. The monoisotopic (exact) mass is 377 g/mol. The molecule has 1 aromatic rings. The van der Waals surface area contributed by atoms with Crippen molar-refractivity contribution in [3.05, 3.63) is 29.3 Å². The van der Waals surface area contributed by atoms with E-state index in [4.69, 9.17) is 15.9 Å². The molecule has 1 aliphatic rings. The second-order valence-electron chi connectivity index (χ2n) is 7.81. The molecule has 0 radical (unpaired) electrons. The van der Waals surface area contributed by atoms with E-state index in [0.717, 1.165) is 0 Å². The van der Waals surface area contributed by atoms with E-state index in [9.17, 15) is 9.90 Å². The number of benzene rings is 1. The molecular formula is C21H28FNO4. The Kier molecular flexibility index (Phi) is 6.38. The van der Waals surface area contributed by atoms with Crippen molar-refractivity contribution in [2.24, 2.45) is 0 Å². The van der Waals surface area contributed by atoms with Gasteiger partial charge in [-0.15, -0.1) is 12.3 Å². The summed E-state index contributed by atoms with van der Waals surface area (Å²) in [6, 6.07) is 4.91. The molecule has 0 aliphatic carbocycles. The Morgan fingerprint density at radius 2 is 2.04 bits per heavy atom. The predicted molar refractivity (Wildman–Crippen MR) is 101 cm³/mol. The highest BCUT2D eigenvalue weighted by molar-refractivity contribution is 5.68. The van der Waals surface area contributed by atoms with Gasteiger partial charge in [0.15, 0.2) is 0 Å². The molecule has 1 atom stereocenters. The molecule has 6 heteroatoms. The van der Waals surface area contributed by atoms with Gasteiger partial charge < -0.3 is 19.5 Å². The van der Waals surface area contributed by atoms with E-state index in [-0.39, 0.29) is 32.4 Å². The lowest BCUT2D eigenvalue weighted by Gasteiger charge is -2.37. The molecular weight excluding hydrogens is 349 g/mol. The largest absolute Gasteiger partial charge is 0.496 e. The number of rotatable bonds is 4. The van der Waals surface area contributed by atoms with E-state index in [1.54, 1.807) is 39.0 Å². The lowest BCUT2D eigenvalue weighted by molar-refractivity contribution is 0.00213. The molecule has 1 fully saturated rings. The van der Waals surface area contributed by atoms with Crippen molar-refractivity contribution >= 4 is 6.09 Å². The molecule has 1 aliphatic heterocycles. The zero-order chi connectivity index (χ0) is 20.2. The average Bonchev–Trinajstić information content (AvgIpc) is 2.60. The number of methoxy groups -OCH3 is 1. The first-order chi connectivity index (χ1) is 12.6. The zero-order valence-electron chi connectivity index (χ0n) is 16.4. The minimum absolute atomic E-state index is 0.154. The predicted octanol–water partition coefficient (Wildman–Crippen LogP) is 3.95. The van der Waals surface area contributed by atoms with E-state index in [1.165, 1.54) is 12.0 Å². The van der Waals surface area contributed by atoms with Gasteiger partial charge in [0.1, 0.15) is 17.0 Å². The van der Waals surface area contributed by atoms with Gasteiger partial charge in [-0.25, -0.2) is 9.18 Å². The third-order valence-electron chi connectivity index (χ3n) is 4.63. The van der Waals surface area contributed by atoms with Gasteiger partial charge in [0.2, 0.25) is 0 Å². The van der Waals surface area contributed by atoms with Crippen LogP contribution < -0.4 is 4.74 Å². The van der Waals surface area contributed by atoms with Gasteiger partial charge in [-0.05, 0) is 32.4 Å². The fraction of sp³-hybridized carbons (Fsp3) is 0.571. The van der Waals surface area contributed by atoms with E-state index >= 15 is 4.39 Å². The lowest BCUT2D eigenvalue weighted by atomic mass is 9.85. The van der Waals surface area contributed by atoms with E-state index in [1.807, 2.05) is 0 Å². The third-order valence-corrected chi connectivity index (χ3v) is 4.63. The van der Waals surface area contributed by atoms with Gasteiger partial charge >= 0.3 is 6.09 Å². The van der Waals surface area contributed by atoms with Crippen LogP contribution >= 0.6 is 0 Å². The first-order valence-electron chi connectivity index (χ1n) is 9.06. The number of amides is 1. The van der Waals surface area contributed by atoms with Crippen LogP contribution in [0.2, 0.25) is 0 Å². The number of hydrogen-bond acceptors (Lipinski definition) is 4. The normalized spacial score (nSPS) is 17.7. The SMILES string of the molecule is C#CCC(O)c1ccc(C2(F)CCN(C(=O)OC(C)(C)C)CC2)cc1OC. The maximum absolute atomic E-state index is 15.5. The quantitative estimate of drug-likeness (QED) is 0.808. The van der Waals surface area contributed by atoms with Gasteiger partial charge in [-0.3, -0.25) is 0 Å². The van der Waals surface area contributed by atoms with E-state index < -0.39 is 23.5 Å². The second kappa shape index (κ2) is 8.18. The van der Waals surface area contributed by atoms with E-state index in [0.29, 0.717) is 16.9 Å². The molecule has 1 amide bonds. The number of nitrogens with zero attached hydrogens (tertiary/aromatic N) is 1. The van der Waals surface area contributed by atoms with Crippen molar-refractivity contribution in [3.8, 4) is 18.1 Å². The van der Waals surface area contributed by atoms with Gasteiger partial charge in [-0.2, -0.15) is 0 Å². The fourth-order valence-electron chi connectivity index (χ4n) is 3.15. The van der Waals surface area contributed by atoms with Crippen LogP contribution in [0.1, 0.15) is 57.3 Å². The summed E-state index contributed by atoms with van der Waals surface area (Å²) < 4.78 is 26.2. The van der Waals surface area contributed by atoms with Gasteiger partial charge in [0.05, 0.1) is 13.2 Å². The highest BCUT2D eigenvalue weighted by Crippen LogP contribution is 2.40. The van der Waals surface area contributed by atoms with Crippen LogP contribution in [0.15, 0.2) is 18.2 Å². The number of carbonyl (C=O) groups is 1. The Balaban J connectivity index is 2.13. The summed E-state index contributed by atoms with van der Waals surface area (Å²) in [4.78, 5) is 13.7. The lowest BCUT2D eigenvalue weighted by Crippen LogP contribution is -2.45. The van der Waals surface area contributed by atoms with Gasteiger partial charge in [0, 0.05) is 37.9 Å². The molecule has 5 nitrogen and oxygen atoms in total. The molecule has 2 rings (SSSR count). The van der Waals surface area contributed by atoms with Gasteiger partial charge in [0.25, 0.3) is 0 Å². The number of aliphatic hydroxyl groups excluding tert-OH is 1. The Morgan fingerprint density at radius 1 is 1.41 bits per heavy atom. The molecule has 1 saturated heterocycles. The highest BCUT2D eigenvalue weighted by Gasteiger charge is 2.39. The molecule has 1 heterocycles. The van der Waals surface area contributed by atoms with Crippen LogP contribution in [0.5, 0.6) is 5.75 Å². The number of terminal acetylenes is 1. The van der Waals surface area contributed by atoms with Crippen molar-refractivity contribution in [2.75, 3.05) is 20.2 Å². The minimum atomic E-state index is -1.57. The molecule has 148 valence electrons. The number of ether oxygens (including phenoxy) is 2. The Morgan fingerprint density at radius 3 is 2.56 bits per heavy atom. The summed E-state index contributed by atoms with van der Waals surface area (Å²) >= 11 is 0. The summed E-state index contributed by atoms with van der Waals surface area (Å²) in [7, 11) is 1.47. The number of halogens is 1. The van der Waals surface area contributed by atoms with Gasteiger partial charge in [-0.1, -0.05) is 12.1 Å². The summed E-state index contributed by atoms with van der Waals surface area (Å²) in [5.74, 6) is 2.81. The molecule has 1 unspecified atom stereocenters. The summed E-state index contributed by atoms with van der Waals surface area (Å²) in [5.41, 5.74) is -1.14. The number of likely N-dealkylation sites (tertiary alicyclic amines) is 1. The first kappa shape index (κ1) is 21.0. The average molecular weight is 377 g/mol. The number of hydrogen-bond donors (Lipinski definition) is 1. The van der Waals surface area contributed by atoms with Crippen LogP contribution in [0.4, 0.5) is 9.18 Å². The molecule has 0 bridgehead atoms. The Labute approximate surface area is 160 Å².